The normalized spacial score (nSPS) is 15.0. The van der Waals surface area contributed by atoms with Crippen molar-refractivity contribution in [1.82, 2.24) is 9.80 Å². The van der Waals surface area contributed by atoms with Gasteiger partial charge >= 0.3 is 6.18 Å². The minimum absolute atomic E-state index is 0.198. The summed E-state index contributed by atoms with van der Waals surface area (Å²) in [5, 5.41) is 0. The lowest BCUT2D eigenvalue weighted by Gasteiger charge is -2.35. The van der Waals surface area contributed by atoms with Crippen LogP contribution >= 0.6 is 0 Å². The molecule has 1 fully saturated rings. The van der Waals surface area contributed by atoms with Gasteiger partial charge in [-0.15, -0.1) is 0 Å². The van der Waals surface area contributed by atoms with E-state index < -0.39 is 11.7 Å². The molecule has 6 nitrogen and oxygen atoms in total. The number of alkyl halides is 3. The molecule has 0 N–H and O–H groups in total. The van der Waals surface area contributed by atoms with Crippen LogP contribution in [0.15, 0.2) is 36.4 Å². The number of amides is 1. The van der Waals surface area contributed by atoms with Crippen LogP contribution in [0.1, 0.15) is 21.5 Å². The van der Waals surface area contributed by atoms with Gasteiger partial charge in [0.05, 0.1) is 32.5 Å². The first kappa shape index (κ1) is 22.7. The molecule has 0 bridgehead atoms. The molecule has 1 aliphatic rings. The monoisotopic (exact) mass is 438 g/mol. The molecule has 1 aliphatic heterocycles. The molecule has 1 saturated heterocycles. The van der Waals surface area contributed by atoms with Crippen molar-refractivity contribution in [3.8, 4) is 17.2 Å². The summed E-state index contributed by atoms with van der Waals surface area (Å²) in [5.41, 5.74) is 0.307. The van der Waals surface area contributed by atoms with Gasteiger partial charge in [-0.05, 0) is 23.8 Å². The van der Waals surface area contributed by atoms with E-state index in [1.165, 1.54) is 33.5 Å². The van der Waals surface area contributed by atoms with Gasteiger partial charge in [0, 0.05) is 32.7 Å². The zero-order chi connectivity index (χ0) is 22.6. The average Bonchev–Trinajstić information content (AvgIpc) is 2.77. The quantitative estimate of drug-likeness (QED) is 0.689. The Bertz CT molecular complexity index is 925. The smallest absolute Gasteiger partial charge is 0.416 e. The molecule has 168 valence electrons. The number of benzene rings is 2. The molecule has 3 rings (SSSR count). The summed E-state index contributed by atoms with van der Waals surface area (Å²) < 4.78 is 54.8. The van der Waals surface area contributed by atoms with Crippen molar-refractivity contribution in [3.05, 3.63) is 53.1 Å². The number of nitrogens with zero attached hydrogens (tertiary/aromatic N) is 2. The van der Waals surface area contributed by atoms with Crippen molar-refractivity contribution in [2.45, 2.75) is 12.7 Å². The van der Waals surface area contributed by atoms with Gasteiger partial charge in [-0.1, -0.05) is 18.2 Å². The Morgan fingerprint density at radius 2 is 1.61 bits per heavy atom. The van der Waals surface area contributed by atoms with Crippen LogP contribution < -0.4 is 14.2 Å². The second-order valence-electron chi connectivity index (χ2n) is 7.15. The summed E-state index contributed by atoms with van der Waals surface area (Å²) in [5.74, 6) is 0.913. The summed E-state index contributed by atoms with van der Waals surface area (Å²) >= 11 is 0. The second-order valence-corrected chi connectivity index (χ2v) is 7.15. The molecule has 2 aromatic carbocycles. The number of rotatable bonds is 6. The summed E-state index contributed by atoms with van der Waals surface area (Å²) in [6, 6.07) is 8.63. The molecule has 0 unspecified atom stereocenters. The molecule has 0 saturated carbocycles. The number of hydrogen-bond acceptors (Lipinski definition) is 5. The minimum Gasteiger partial charge on any atom is -0.493 e. The predicted molar refractivity (Wildman–Crippen MR) is 109 cm³/mol. The molecule has 2 aromatic rings. The van der Waals surface area contributed by atoms with E-state index >= 15 is 0 Å². The first-order valence-corrected chi connectivity index (χ1v) is 9.75. The lowest BCUT2D eigenvalue weighted by atomic mass is 10.1. The van der Waals surface area contributed by atoms with Crippen molar-refractivity contribution >= 4 is 5.91 Å². The Balaban J connectivity index is 1.67. The number of ether oxygens (including phenoxy) is 3. The number of piperazine rings is 1. The second kappa shape index (κ2) is 9.47. The van der Waals surface area contributed by atoms with Crippen molar-refractivity contribution in [2.75, 3.05) is 47.5 Å². The Morgan fingerprint density at radius 1 is 0.935 bits per heavy atom. The van der Waals surface area contributed by atoms with Gasteiger partial charge < -0.3 is 19.1 Å². The van der Waals surface area contributed by atoms with E-state index in [4.69, 9.17) is 14.2 Å². The van der Waals surface area contributed by atoms with Gasteiger partial charge in [-0.25, -0.2) is 0 Å². The van der Waals surface area contributed by atoms with Gasteiger partial charge in [-0.2, -0.15) is 13.2 Å². The fraction of sp³-hybridized carbons (Fsp3) is 0.409. The van der Waals surface area contributed by atoms with Gasteiger partial charge in [0.1, 0.15) is 0 Å². The number of halogens is 3. The molecule has 1 amide bonds. The number of hydrogen-bond donors (Lipinski definition) is 0. The van der Waals surface area contributed by atoms with E-state index in [9.17, 15) is 18.0 Å². The van der Waals surface area contributed by atoms with Crippen molar-refractivity contribution in [2.24, 2.45) is 0 Å². The third kappa shape index (κ3) is 5.04. The summed E-state index contributed by atoms with van der Waals surface area (Å²) in [7, 11) is 4.44. The standard InChI is InChI=1S/C22H25F3N2O4/c1-29-18-8-7-17(19(30-2)20(18)31-3)21(28)27-11-9-26(10-12-27)14-15-5-4-6-16(13-15)22(23,24)25/h4-8,13H,9-12,14H2,1-3H3. The Morgan fingerprint density at radius 3 is 2.19 bits per heavy atom. The zero-order valence-electron chi connectivity index (χ0n) is 17.7. The summed E-state index contributed by atoms with van der Waals surface area (Å²) in [4.78, 5) is 16.8. The van der Waals surface area contributed by atoms with Crippen LogP contribution in [0.25, 0.3) is 0 Å². The van der Waals surface area contributed by atoms with Crippen LogP contribution in [0, 0.1) is 0 Å². The minimum atomic E-state index is -4.36. The SMILES string of the molecule is COc1ccc(C(=O)N2CCN(Cc3cccc(C(F)(F)F)c3)CC2)c(OC)c1OC. The molecule has 9 heteroatoms. The number of methoxy groups -OCH3 is 3. The lowest BCUT2D eigenvalue weighted by Crippen LogP contribution is -2.48. The molecular formula is C22H25F3N2O4. The molecule has 31 heavy (non-hydrogen) atoms. The van der Waals surface area contributed by atoms with Crippen molar-refractivity contribution in [1.29, 1.82) is 0 Å². The Labute approximate surface area is 179 Å². The molecule has 0 radical (unpaired) electrons. The van der Waals surface area contributed by atoms with E-state index in [-0.39, 0.29) is 5.91 Å². The van der Waals surface area contributed by atoms with E-state index in [2.05, 4.69) is 0 Å². The lowest BCUT2D eigenvalue weighted by molar-refractivity contribution is -0.137. The van der Waals surface area contributed by atoms with Crippen LogP contribution in [0.3, 0.4) is 0 Å². The van der Waals surface area contributed by atoms with Crippen LogP contribution in [0.5, 0.6) is 17.2 Å². The molecule has 1 heterocycles. The fourth-order valence-corrected chi connectivity index (χ4v) is 3.65. The highest BCUT2D eigenvalue weighted by Crippen LogP contribution is 2.40. The van der Waals surface area contributed by atoms with Crippen molar-refractivity contribution in [3.63, 3.8) is 0 Å². The molecule has 0 aliphatic carbocycles. The summed E-state index contributed by atoms with van der Waals surface area (Å²) in [6.45, 7) is 2.41. The van der Waals surface area contributed by atoms with Gasteiger partial charge in [0.25, 0.3) is 5.91 Å². The first-order chi connectivity index (χ1) is 14.8. The third-order valence-electron chi connectivity index (χ3n) is 5.25. The van der Waals surface area contributed by atoms with Gasteiger partial charge in [0.2, 0.25) is 5.75 Å². The molecular weight excluding hydrogens is 413 g/mol. The van der Waals surface area contributed by atoms with Crippen molar-refractivity contribution < 1.29 is 32.2 Å². The predicted octanol–water partition coefficient (Wildman–Crippen LogP) is 3.69. The van der Waals surface area contributed by atoms with Crippen LogP contribution in [0.4, 0.5) is 13.2 Å². The maximum absolute atomic E-state index is 13.1. The molecule has 0 atom stereocenters. The highest BCUT2D eigenvalue weighted by Gasteiger charge is 2.31. The van der Waals surface area contributed by atoms with Crippen LogP contribution in [-0.4, -0.2) is 63.2 Å². The highest BCUT2D eigenvalue weighted by molar-refractivity contribution is 5.98. The molecule has 0 spiro atoms. The Hall–Kier alpha value is -2.94. The van der Waals surface area contributed by atoms with Crippen LogP contribution in [-0.2, 0) is 12.7 Å². The maximum atomic E-state index is 13.1. The zero-order valence-corrected chi connectivity index (χ0v) is 17.7. The topological polar surface area (TPSA) is 51.2 Å². The van der Waals surface area contributed by atoms with Crippen LogP contribution in [0.2, 0.25) is 0 Å². The number of carbonyl (C=O) groups excluding carboxylic acids is 1. The van der Waals surface area contributed by atoms with E-state index in [1.54, 1.807) is 23.1 Å². The van der Waals surface area contributed by atoms with E-state index in [1.807, 2.05) is 4.90 Å². The maximum Gasteiger partial charge on any atom is 0.416 e. The van der Waals surface area contributed by atoms with E-state index in [0.717, 1.165) is 6.07 Å². The van der Waals surface area contributed by atoms with Gasteiger partial charge in [0.15, 0.2) is 11.5 Å². The first-order valence-electron chi connectivity index (χ1n) is 9.75. The average molecular weight is 438 g/mol. The summed E-state index contributed by atoms with van der Waals surface area (Å²) in [6.07, 6.45) is -4.36. The molecule has 0 aromatic heterocycles. The Kier molecular flexibility index (Phi) is 6.94. The highest BCUT2D eigenvalue weighted by atomic mass is 19.4. The fourth-order valence-electron chi connectivity index (χ4n) is 3.65. The largest absolute Gasteiger partial charge is 0.493 e. The number of carbonyl (C=O) groups is 1. The third-order valence-corrected chi connectivity index (χ3v) is 5.25. The van der Waals surface area contributed by atoms with E-state index in [0.29, 0.717) is 61.1 Å². The van der Waals surface area contributed by atoms with Gasteiger partial charge in [-0.3, -0.25) is 9.69 Å².